The van der Waals surface area contributed by atoms with Gasteiger partial charge in [0.05, 0.1) is 5.75 Å². The molecule has 1 aliphatic carbocycles. The van der Waals surface area contributed by atoms with Crippen molar-refractivity contribution in [1.29, 1.82) is 0 Å². The number of nitrogens with one attached hydrogen (secondary N) is 2. The number of aryl methyl sites for hydroxylation is 1. The molecule has 3 rings (SSSR count). The molecule has 1 heterocycles. The Morgan fingerprint density at radius 2 is 2.22 bits per heavy atom. The molecule has 2 N–H and O–H groups in total. The third-order valence-electron chi connectivity index (χ3n) is 3.38. The second-order valence-electron chi connectivity index (χ2n) is 5.50. The summed E-state index contributed by atoms with van der Waals surface area (Å²) >= 11 is 1.30. The van der Waals surface area contributed by atoms with Crippen molar-refractivity contribution >= 4 is 23.7 Å². The van der Waals surface area contributed by atoms with Crippen molar-refractivity contribution in [3.63, 3.8) is 0 Å². The quantitative estimate of drug-likeness (QED) is 0.825. The summed E-state index contributed by atoms with van der Waals surface area (Å²) in [5.74, 6) is -0.187. The highest BCUT2D eigenvalue weighted by molar-refractivity contribution is 7.99. The Morgan fingerprint density at radius 3 is 2.96 bits per heavy atom. The topological polar surface area (TPSA) is 76.0 Å². The van der Waals surface area contributed by atoms with E-state index in [0.717, 1.165) is 24.1 Å². The van der Waals surface area contributed by atoms with Gasteiger partial charge in [0.15, 0.2) is 5.16 Å². The SMILES string of the molecule is Cc1cccc(-n2ccnc2SCC(=O)NC(=O)NC2CC2)c1. The number of carbonyl (C=O) groups is 2. The lowest BCUT2D eigenvalue weighted by atomic mass is 10.2. The molecule has 1 aromatic heterocycles. The summed E-state index contributed by atoms with van der Waals surface area (Å²) < 4.78 is 1.93. The highest BCUT2D eigenvalue weighted by Crippen LogP contribution is 2.21. The van der Waals surface area contributed by atoms with E-state index in [1.54, 1.807) is 6.20 Å². The molecule has 1 fully saturated rings. The number of imide groups is 1. The van der Waals surface area contributed by atoms with Gasteiger partial charge >= 0.3 is 6.03 Å². The van der Waals surface area contributed by atoms with E-state index in [0.29, 0.717) is 5.16 Å². The van der Waals surface area contributed by atoms with Gasteiger partial charge in [-0.2, -0.15) is 0 Å². The molecule has 0 aliphatic heterocycles. The second-order valence-corrected chi connectivity index (χ2v) is 6.45. The van der Waals surface area contributed by atoms with Crippen LogP contribution in [0.15, 0.2) is 41.8 Å². The van der Waals surface area contributed by atoms with Crippen LogP contribution in [0.1, 0.15) is 18.4 Å². The van der Waals surface area contributed by atoms with Gasteiger partial charge in [0.2, 0.25) is 5.91 Å². The summed E-state index contributed by atoms with van der Waals surface area (Å²) in [4.78, 5) is 27.6. The van der Waals surface area contributed by atoms with E-state index in [-0.39, 0.29) is 17.7 Å². The zero-order valence-corrected chi connectivity index (χ0v) is 13.6. The standard InChI is InChI=1S/C16H18N4O2S/c1-11-3-2-4-13(9-11)20-8-7-17-16(20)23-10-14(21)19-15(22)18-12-5-6-12/h2-4,7-9,12H,5-6,10H2,1H3,(H2,18,19,21,22). The molecule has 0 radical (unpaired) electrons. The lowest BCUT2D eigenvalue weighted by Gasteiger charge is -2.08. The van der Waals surface area contributed by atoms with Gasteiger partial charge in [-0.25, -0.2) is 9.78 Å². The maximum absolute atomic E-state index is 11.8. The molecule has 3 amide bonds. The van der Waals surface area contributed by atoms with Crippen molar-refractivity contribution in [2.75, 3.05) is 5.75 Å². The third kappa shape index (κ3) is 4.35. The molecule has 6 nitrogen and oxygen atoms in total. The highest BCUT2D eigenvalue weighted by atomic mass is 32.2. The largest absolute Gasteiger partial charge is 0.335 e. The van der Waals surface area contributed by atoms with Gasteiger partial charge in [-0.3, -0.25) is 14.7 Å². The lowest BCUT2D eigenvalue weighted by Crippen LogP contribution is -2.41. The number of aromatic nitrogens is 2. The average Bonchev–Trinajstić information content (AvgIpc) is 3.19. The molecule has 1 saturated carbocycles. The summed E-state index contributed by atoms with van der Waals surface area (Å²) in [6, 6.07) is 7.86. The van der Waals surface area contributed by atoms with Gasteiger partial charge in [-0.15, -0.1) is 0 Å². The summed E-state index contributed by atoms with van der Waals surface area (Å²) in [5, 5.41) is 5.77. The van der Waals surface area contributed by atoms with Crippen LogP contribution in [0.25, 0.3) is 5.69 Å². The van der Waals surface area contributed by atoms with Crippen molar-refractivity contribution < 1.29 is 9.59 Å². The first-order chi connectivity index (χ1) is 11.1. The second kappa shape index (κ2) is 6.87. The van der Waals surface area contributed by atoms with E-state index < -0.39 is 6.03 Å². The van der Waals surface area contributed by atoms with Gasteiger partial charge in [-0.1, -0.05) is 23.9 Å². The molecule has 0 atom stereocenters. The molecule has 2 aromatic rings. The Balaban J connectivity index is 1.57. The van der Waals surface area contributed by atoms with Crippen LogP contribution in [0.3, 0.4) is 0 Å². The van der Waals surface area contributed by atoms with Crippen molar-refractivity contribution in [3.05, 3.63) is 42.2 Å². The van der Waals surface area contributed by atoms with Gasteiger partial charge in [-0.05, 0) is 37.5 Å². The van der Waals surface area contributed by atoms with E-state index >= 15 is 0 Å². The number of nitrogens with zero attached hydrogens (tertiary/aromatic N) is 2. The zero-order chi connectivity index (χ0) is 16.2. The van der Waals surface area contributed by atoms with Crippen molar-refractivity contribution in [1.82, 2.24) is 20.2 Å². The van der Waals surface area contributed by atoms with Crippen LogP contribution >= 0.6 is 11.8 Å². The maximum Gasteiger partial charge on any atom is 0.321 e. The van der Waals surface area contributed by atoms with Gasteiger partial charge in [0.1, 0.15) is 0 Å². The van der Waals surface area contributed by atoms with Crippen molar-refractivity contribution in [2.45, 2.75) is 31.0 Å². The molecule has 0 bridgehead atoms. The summed E-state index contributed by atoms with van der Waals surface area (Å²) in [7, 11) is 0. The van der Waals surface area contributed by atoms with Crippen molar-refractivity contribution in [2.24, 2.45) is 0 Å². The molecule has 1 aliphatic rings. The number of hydrogen-bond donors (Lipinski definition) is 2. The van der Waals surface area contributed by atoms with Gasteiger partial charge < -0.3 is 5.32 Å². The molecule has 120 valence electrons. The zero-order valence-electron chi connectivity index (χ0n) is 12.8. The molecule has 7 heteroatoms. The predicted molar refractivity (Wildman–Crippen MR) is 88.7 cm³/mol. The molecular weight excluding hydrogens is 312 g/mol. The van der Waals surface area contributed by atoms with Crippen LogP contribution in [0, 0.1) is 6.92 Å². The van der Waals surface area contributed by atoms with Gasteiger partial charge in [0, 0.05) is 24.1 Å². The third-order valence-corrected chi connectivity index (χ3v) is 4.35. The first-order valence-electron chi connectivity index (χ1n) is 7.45. The minimum absolute atomic E-state index is 0.140. The van der Waals surface area contributed by atoms with Crippen LogP contribution in [-0.4, -0.2) is 33.3 Å². The minimum Gasteiger partial charge on any atom is -0.335 e. The van der Waals surface area contributed by atoms with E-state index in [1.807, 2.05) is 35.9 Å². The van der Waals surface area contributed by atoms with Gasteiger partial charge in [0.25, 0.3) is 0 Å². The Hall–Kier alpha value is -2.28. The predicted octanol–water partition coefficient (Wildman–Crippen LogP) is 2.26. The lowest BCUT2D eigenvalue weighted by molar-refractivity contribution is -0.117. The van der Waals surface area contributed by atoms with Crippen LogP contribution in [0.5, 0.6) is 0 Å². The number of carbonyl (C=O) groups excluding carboxylic acids is 2. The molecule has 1 aromatic carbocycles. The first kappa shape index (κ1) is 15.6. The Bertz CT molecular complexity index is 724. The highest BCUT2D eigenvalue weighted by Gasteiger charge is 2.23. The molecular formula is C16H18N4O2S. The van der Waals surface area contributed by atoms with E-state index in [9.17, 15) is 9.59 Å². The monoisotopic (exact) mass is 330 g/mol. The fourth-order valence-corrected chi connectivity index (χ4v) is 2.89. The fourth-order valence-electron chi connectivity index (χ4n) is 2.11. The molecule has 0 saturated heterocycles. The summed E-state index contributed by atoms with van der Waals surface area (Å²) in [5.41, 5.74) is 2.15. The number of imidazole rings is 1. The molecule has 0 spiro atoms. The van der Waals surface area contributed by atoms with E-state index in [1.165, 1.54) is 11.8 Å². The maximum atomic E-state index is 11.8. The van der Waals surface area contributed by atoms with Crippen LogP contribution in [0.4, 0.5) is 4.79 Å². The first-order valence-corrected chi connectivity index (χ1v) is 8.44. The molecule has 0 unspecified atom stereocenters. The number of urea groups is 1. The van der Waals surface area contributed by atoms with E-state index in [2.05, 4.69) is 21.7 Å². The number of thioether (sulfide) groups is 1. The average molecular weight is 330 g/mol. The molecule has 23 heavy (non-hydrogen) atoms. The van der Waals surface area contributed by atoms with E-state index in [4.69, 9.17) is 0 Å². The number of benzene rings is 1. The Labute approximate surface area is 138 Å². The Kier molecular flexibility index (Phi) is 4.66. The van der Waals surface area contributed by atoms with Crippen LogP contribution < -0.4 is 10.6 Å². The van der Waals surface area contributed by atoms with Crippen LogP contribution in [0.2, 0.25) is 0 Å². The Morgan fingerprint density at radius 1 is 1.39 bits per heavy atom. The number of rotatable bonds is 5. The summed E-state index contributed by atoms with van der Waals surface area (Å²) in [6.45, 7) is 2.03. The van der Waals surface area contributed by atoms with Crippen LogP contribution in [-0.2, 0) is 4.79 Å². The van der Waals surface area contributed by atoms with Crippen molar-refractivity contribution in [3.8, 4) is 5.69 Å². The minimum atomic E-state index is -0.417. The normalized spacial score (nSPS) is 13.6. The fraction of sp³-hybridized carbons (Fsp3) is 0.312. The summed E-state index contributed by atoms with van der Waals surface area (Å²) in [6.07, 6.45) is 5.53. The number of amides is 3. The smallest absolute Gasteiger partial charge is 0.321 e. The number of hydrogen-bond acceptors (Lipinski definition) is 4.